The van der Waals surface area contributed by atoms with Crippen LogP contribution < -0.4 is 0 Å². The summed E-state index contributed by atoms with van der Waals surface area (Å²) in [6.45, 7) is 1.07. The maximum absolute atomic E-state index is 12.5. The molecular weight excluding hydrogens is 266 g/mol. The van der Waals surface area contributed by atoms with E-state index in [1.54, 1.807) is 17.2 Å². The summed E-state index contributed by atoms with van der Waals surface area (Å²) >= 11 is 6.03. The third-order valence-electron chi connectivity index (χ3n) is 3.23. The van der Waals surface area contributed by atoms with Crippen LogP contribution in [0.4, 0.5) is 0 Å². The van der Waals surface area contributed by atoms with Crippen molar-refractivity contribution in [3.63, 3.8) is 0 Å². The summed E-state index contributed by atoms with van der Waals surface area (Å²) in [5, 5.41) is 10.2. The Morgan fingerprint density at radius 1 is 1.63 bits per heavy atom. The third kappa shape index (κ3) is 3.23. The number of aliphatic hydroxyl groups excluding tert-OH is 1. The highest BCUT2D eigenvalue weighted by molar-refractivity contribution is 6.33. The summed E-state index contributed by atoms with van der Waals surface area (Å²) in [7, 11) is 3.90. The number of rotatable bonds is 3. The molecule has 2 heterocycles. The molecule has 0 radical (unpaired) electrons. The van der Waals surface area contributed by atoms with Crippen LogP contribution in [0.5, 0.6) is 0 Å². The van der Waals surface area contributed by atoms with Crippen molar-refractivity contribution in [1.82, 2.24) is 14.8 Å². The van der Waals surface area contributed by atoms with Crippen LogP contribution in [0.15, 0.2) is 18.5 Å². The molecule has 1 aliphatic rings. The number of pyridine rings is 1. The van der Waals surface area contributed by atoms with Crippen molar-refractivity contribution in [2.45, 2.75) is 18.6 Å². The first-order valence-corrected chi connectivity index (χ1v) is 6.60. The van der Waals surface area contributed by atoms with E-state index in [0.29, 0.717) is 23.6 Å². The van der Waals surface area contributed by atoms with Gasteiger partial charge in [-0.2, -0.15) is 0 Å². The molecule has 1 saturated heterocycles. The fraction of sp³-hybridized carbons (Fsp3) is 0.538. The number of hydrogen-bond donors (Lipinski definition) is 1. The molecule has 0 spiro atoms. The monoisotopic (exact) mass is 283 g/mol. The Hall–Kier alpha value is -1.17. The van der Waals surface area contributed by atoms with Crippen molar-refractivity contribution in [3.05, 3.63) is 29.0 Å². The number of aliphatic hydroxyl groups is 1. The molecule has 1 aromatic heterocycles. The molecule has 104 valence electrons. The highest BCUT2D eigenvalue weighted by Gasteiger charge is 2.35. The molecule has 2 atom stereocenters. The van der Waals surface area contributed by atoms with Crippen molar-refractivity contribution < 1.29 is 9.90 Å². The van der Waals surface area contributed by atoms with Gasteiger partial charge in [-0.1, -0.05) is 11.6 Å². The van der Waals surface area contributed by atoms with E-state index in [2.05, 4.69) is 4.98 Å². The van der Waals surface area contributed by atoms with Crippen molar-refractivity contribution >= 4 is 17.5 Å². The largest absolute Gasteiger partial charge is 0.391 e. The summed E-state index contributed by atoms with van der Waals surface area (Å²) < 4.78 is 0. The van der Waals surface area contributed by atoms with E-state index >= 15 is 0 Å². The minimum atomic E-state index is -0.468. The number of likely N-dealkylation sites (N-methyl/N-ethyl adjacent to an activating group) is 1. The number of aromatic nitrogens is 1. The second-order valence-electron chi connectivity index (χ2n) is 5.12. The zero-order valence-corrected chi connectivity index (χ0v) is 11.8. The van der Waals surface area contributed by atoms with E-state index < -0.39 is 6.10 Å². The highest BCUT2D eigenvalue weighted by Crippen LogP contribution is 2.23. The fourth-order valence-electron chi connectivity index (χ4n) is 2.42. The first-order valence-electron chi connectivity index (χ1n) is 6.22. The zero-order chi connectivity index (χ0) is 14.0. The molecule has 1 amide bonds. The fourth-order valence-corrected chi connectivity index (χ4v) is 2.61. The van der Waals surface area contributed by atoms with Crippen LogP contribution in [0.25, 0.3) is 0 Å². The number of nitrogens with zero attached hydrogens (tertiary/aromatic N) is 3. The first kappa shape index (κ1) is 14.2. The maximum atomic E-state index is 12.5. The van der Waals surface area contributed by atoms with Crippen molar-refractivity contribution in [1.29, 1.82) is 0 Å². The normalized spacial score (nSPS) is 23.1. The average molecular weight is 284 g/mol. The maximum Gasteiger partial charge on any atom is 0.257 e. The number of halogens is 1. The standard InChI is InChI=1S/C13H18ClN3O2/c1-16(2)7-9-5-10(18)8-17(9)13(19)11-6-15-4-3-12(11)14/h3-4,6,9-10,18H,5,7-8H2,1-2H3. The van der Waals surface area contributed by atoms with Gasteiger partial charge in [-0.3, -0.25) is 9.78 Å². The van der Waals surface area contributed by atoms with Crippen LogP contribution in [-0.4, -0.2) is 65.1 Å². The Morgan fingerprint density at radius 3 is 3.00 bits per heavy atom. The molecule has 0 saturated carbocycles. The predicted molar refractivity (Wildman–Crippen MR) is 73.2 cm³/mol. The van der Waals surface area contributed by atoms with Gasteiger partial charge in [0.15, 0.2) is 0 Å². The van der Waals surface area contributed by atoms with E-state index in [4.69, 9.17) is 11.6 Å². The van der Waals surface area contributed by atoms with Gasteiger partial charge in [0.2, 0.25) is 0 Å². The minimum absolute atomic E-state index is 0.00812. The molecule has 0 bridgehead atoms. The lowest BCUT2D eigenvalue weighted by atomic mass is 10.1. The van der Waals surface area contributed by atoms with Gasteiger partial charge >= 0.3 is 0 Å². The first-order chi connectivity index (χ1) is 8.99. The Kier molecular flexibility index (Phi) is 4.39. The molecule has 6 heteroatoms. The van der Waals surface area contributed by atoms with Crippen LogP contribution in [0.3, 0.4) is 0 Å². The van der Waals surface area contributed by atoms with E-state index in [-0.39, 0.29) is 11.9 Å². The van der Waals surface area contributed by atoms with Crippen LogP contribution >= 0.6 is 11.6 Å². The van der Waals surface area contributed by atoms with Crippen LogP contribution in [0.1, 0.15) is 16.8 Å². The topological polar surface area (TPSA) is 56.7 Å². The Morgan fingerprint density at radius 2 is 2.37 bits per heavy atom. The van der Waals surface area contributed by atoms with Gasteiger partial charge in [-0.15, -0.1) is 0 Å². The predicted octanol–water partition coefficient (Wildman–Crippen LogP) is 0.872. The summed E-state index contributed by atoms with van der Waals surface area (Å²) in [5.41, 5.74) is 0.391. The number of β-amino-alcohol motifs (C(OH)–C–C–N with tert-alkyl or cyclic N) is 1. The highest BCUT2D eigenvalue weighted by atomic mass is 35.5. The van der Waals surface area contributed by atoms with Gasteiger partial charge in [0.25, 0.3) is 5.91 Å². The van der Waals surface area contributed by atoms with Crippen molar-refractivity contribution in [2.75, 3.05) is 27.2 Å². The molecule has 2 rings (SSSR count). The van der Waals surface area contributed by atoms with E-state index in [1.165, 1.54) is 6.20 Å². The van der Waals surface area contributed by atoms with Crippen LogP contribution in [-0.2, 0) is 0 Å². The molecule has 5 nitrogen and oxygen atoms in total. The SMILES string of the molecule is CN(C)CC1CC(O)CN1C(=O)c1cnccc1Cl. The number of likely N-dealkylation sites (tertiary alicyclic amines) is 1. The number of carbonyl (C=O) groups is 1. The summed E-state index contributed by atoms with van der Waals surface area (Å²) in [5.74, 6) is -0.165. The van der Waals surface area contributed by atoms with E-state index in [1.807, 2.05) is 19.0 Å². The summed E-state index contributed by atoms with van der Waals surface area (Å²) in [4.78, 5) is 20.1. The van der Waals surface area contributed by atoms with Crippen LogP contribution in [0, 0.1) is 0 Å². The molecule has 1 fully saturated rings. The van der Waals surface area contributed by atoms with Gasteiger partial charge in [0.05, 0.1) is 16.7 Å². The number of amides is 1. The van der Waals surface area contributed by atoms with Gasteiger partial charge in [0, 0.05) is 31.5 Å². The molecule has 1 aliphatic heterocycles. The molecular formula is C13H18ClN3O2. The summed E-state index contributed by atoms with van der Waals surface area (Å²) in [6, 6.07) is 1.61. The zero-order valence-electron chi connectivity index (χ0n) is 11.1. The Bertz CT molecular complexity index is 467. The molecule has 1 N–H and O–H groups in total. The lowest BCUT2D eigenvalue weighted by molar-refractivity contribution is 0.0699. The van der Waals surface area contributed by atoms with Gasteiger partial charge in [-0.25, -0.2) is 0 Å². The average Bonchev–Trinajstić information content (AvgIpc) is 2.69. The lowest BCUT2D eigenvalue weighted by Crippen LogP contribution is -2.41. The van der Waals surface area contributed by atoms with E-state index in [0.717, 1.165) is 6.54 Å². The molecule has 2 unspecified atom stereocenters. The molecule has 0 aliphatic carbocycles. The number of hydrogen-bond acceptors (Lipinski definition) is 4. The quantitative estimate of drug-likeness (QED) is 0.894. The minimum Gasteiger partial charge on any atom is -0.391 e. The number of carbonyl (C=O) groups excluding carboxylic acids is 1. The van der Waals surface area contributed by atoms with Gasteiger partial charge in [-0.05, 0) is 26.6 Å². The third-order valence-corrected chi connectivity index (χ3v) is 3.56. The smallest absolute Gasteiger partial charge is 0.257 e. The van der Waals surface area contributed by atoms with E-state index in [9.17, 15) is 9.90 Å². The van der Waals surface area contributed by atoms with Gasteiger partial charge in [0.1, 0.15) is 0 Å². The van der Waals surface area contributed by atoms with Crippen molar-refractivity contribution in [3.8, 4) is 0 Å². The second kappa shape index (κ2) is 5.86. The molecule has 0 aromatic carbocycles. The lowest BCUT2D eigenvalue weighted by Gasteiger charge is -2.27. The Balaban J connectivity index is 2.19. The second-order valence-corrected chi connectivity index (χ2v) is 5.53. The molecule has 19 heavy (non-hydrogen) atoms. The van der Waals surface area contributed by atoms with Crippen molar-refractivity contribution in [2.24, 2.45) is 0 Å². The van der Waals surface area contributed by atoms with Gasteiger partial charge < -0.3 is 14.9 Å². The molecule has 1 aromatic rings. The van der Waals surface area contributed by atoms with Crippen LogP contribution in [0.2, 0.25) is 5.02 Å². The summed E-state index contributed by atoms with van der Waals surface area (Å²) in [6.07, 6.45) is 3.16. The Labute approximate surface area is 117 Å².